The highest BCUT2D eigenvalue weighted by Crippen LogP contribution is 2.38. The van der Waals surface area contributed by atoms with Crippen molar-refractivity contribution in [3.8, 4) is 0 Å². The molecule has 0 aromatic carbocycles. The second-order valence-corrected chi connectivity index (χ2v) is 4.92. The number of rotatable bonds is 7. The Morgan fingerprint density at radius 2 is 1.16 bits per heavy atom. The summed E-state index contributed by atoms with van der Waals surface area (Å²) in [4.78, 5) is 20.7. The molecule has 0 heterocycles. The Hall–Kier alpha value is -0.450. The Morgan fingerprint density at radius 1 is 0.895 bits per heavy atom. The molecule has 0 aliphatic heterocycles. The van der Waals surface area contributed by atoms with Crippen LogP contribution >= 0.6 is 7.75 Å². The minimum absolute atomic E-state index is 1.33. The molecular weight excluding hydrogens is 317 g/mol. The molecule has 0 aliphatic rings. The van der Waals surface area contributed by atoms with E-state index in [0.717, 1.165) is 0 Å². The fourth-order valence-corrected chi connectivity index (χ4v) is 1.58. The van der Waals surface area contributed by atoms with E-state index in [1.807, 2.05) is 0 Å². The van der Waals surface area contributed by atoms with E-state index in [1.165, 1.54) is 0 Å². The Kier molecular flexibility index (Phi) is 5.76. The van der Waals surface area contributed by atoms with Crippen molar-refractivity contribution in [1.82, 2.24) is 4.67 Å². The first kappa shape index (κ1) is 18.6. The minimum Gasteiger partial charge on any atom is -0.799 e. The molecule has 0 rings (SSSR count). The normalized spacial score (nSPS) is 14.8. The van der Waals surface area contributed by atoms with Gasteiger partial charge in [-0.2, -0.15) is 17.6 Å². The first-order valence-corrected chi connectivity index (χ1v) is 5.79. The maximum absolute atomic E-state index is 12.5. The maximum Gasteiger partial charge on any atom is 0.320 e. The largest absolute Gasteiger partial charge is 0.799 e. The van der Waals surface area contributed by atoms with Crippen molar-refractivity contribution in [2.75, 3.05) is 13.1 Å². The van der Waals surface area contributed by atoms with Gasteiger partial charge in [0.25, 0.3) is 0 Å². The average Bonchev–Trinajstić information content (AvgIpc) is 2.13. The second kappa shape index (κ2) is 5.90. The summed E-state index contributed by atoms with van der Waals surface area (Å²) in [5.41, 5.74) is 0. The van der Waals surface area contributed by atoms with Crippen LogP contribution in [0, 0.1) is 0 Å². The van der Waals surface area contributed by atoms with Crippen LogP contribution in [0.5, 0.6) is 0 Å². The number of hydrogen-bond acceptors (Lipinski definition) is 3. The highest BCUT2D eigenvalue weighted by atomic mass is 31.2. The molecule has 0 bridgehead atoms. The molecule has 0 atom stereocenters. The van der Waals surface area contributed by atoms with Crippen LogP contribution in [-0.4, -0.2) is 42.5 Å². The Labute approximate surface area is 101 Å². The van der Waals surface area contributed by atoms with E-state index in [4.69, 9.17) is 0 Å². The van der Waals surface area contributed by atoms with E-state index in [0.29, 0.717) is 0 Å². The summed E-state index contributed by atoms with van der Waals surface area (Å²) in [5.74, 6) is -10.2. The molecule has 19 heavy (non-hydrogen) atoms. The molecule has 0 N–H and O–H groups in total. The smallest absolute Gasteiger partial charge is 0.320 e. The van der Waals surface area contributed by atoms with Gasteiger partial charge in [0.15, 0.2) is 0 Å². The molecule has 0 unspecified atom stereocenters. The number of alkyl halides is 8. The zero-order valence-corrected chi connectivity index (χ0v) is 9.61. The lowest BCUT2D eigenvalue weighted by atomic mass is 10.3. The lowest BCUT2D eigenvalue weighted by molar-refractivity contribution is -0.334. The molecule has 116 valence electrons. The van der Waals surface area contributed by atoms with Crippen LogP contribution in [0.3, 0.4) is 0 Å². The van der Waals surface area contributed by atoms with Crippen LogP contribution < -0.4 is 9.79 Å². The van der Waals surface area contributed by atoms with Gasteiger partial charge in [0.2, 0.25) is 0 Å². The average molecular weight is 323 g/mol. The van der Waals surface area contributed by atoms with Crippen molar-refractivity contribution in [3.05, 3.63) is 0 Å². The van der Waals surface area contributed by atoms with Crippen molar-refractivity contribution in [2.24, 2.45) is 0 Å². The van der Waals surface area contributed by atoms with Crippen LogP contribution in [0.2, 0.25) is 0 Å². The van der Waals surface area contributed by atoms with Gasteiger partial charge in [-0.05, 0) is 0 Å². The van der Waals surface area contributed by atoms with Gasteiger partial charge in [0, 0.05) is 7.75 Å². The third-order valence-electron chi connectivity index (χ3n) is 1.77. The Balaban J connectivity index is 5.13. The lowest BCUT2D eigenvalue weighted by Crippen LogP contribution is -2.50. The molecule has 0 fully saturated rings. The summed E-state index contributed by atoms with van der Waals surface area (Å²) < 4.78 is 106. The summed E-state index contributed by atoms with van der Waals surface area (Å²) in [6.07, 6.45) is -8.91. The molecule has 0 saturated carbocycles. The van der Waals surface area contributed by atoms with Crippen LogP contribution in [-0.2, 0) is 4.57 Å². The molecule has 0 aliphatic carbocycles. The standard InChI is InChI=1S/C6H8F8NO3P/c7-3(8)5(11,12)1-15(19(16,17)18)2-6(13,14)4(9)10/h3-4H,1-2H2,(H2,16,17,18)/p-2. The van der Waals surface area contributed by atoms with E-state index < -0.39 is 50.2 Å². The predicted octanol–water partition coefficient (Wildman–Crippen LogP) is 0.918. The van der Waals surface area contributed by atoms with E-state index >= 15 is 0 Å². The Bertz CT molecular complexity index is 323. The number of nitrogens with zero attached hydrogens (tertiary/aromatic N) is 1. The summed E-state index contributed by atoms with van der Waals surface area (Å²) >= 11 is 0. The fraction of sp³-hybridized carbons (Fsp3) is 1.00. The number of hydrogen-bond donors (Lipinski definition) is 0. The first-order valence-electron chi connectivity index (χ1n) is 4.29. The molecule has 13 heteroatoms. The van der Waals surface area contributed by atoms with Crippen molar-refractivity contribution in [1.29, 1.82) is 0 Å². The molecule has 0 aromatic heterocycles. The highest BCUT2D eigenvalue weighted by molar-refractivity contribution is 7.46. The molecule has 0 saturated heterocycles. The minimum atomic E-state index is -6.34. The summed E-state index contributed by atoms with van der Waals surface area (Å²) in [5, 5.41) is 0. The van der Waals surface area contributed by atoms with Crippen molar-refractivity contribution in [2.45, 2.75) is 24.7 Å². The maximum atomic E-state index is 12.5. The van der Waals surface area contributed by atoms with Gasteiger partial charge in [-0.3, -0.25) is 4.67 Å². The molecule has 4 nitrogen and oxygen atoms in total. The molecule has 0 amide bonds. The third-order valence-corrected chi connectivity index (χ3v) is 2.75. The second-order valence-electron chi connectivity index (χ2n) is 3.41. The zero-order chi connectivity index (χ0) is 15.6. The Morgan fingerprint density at radius 3 is 1.32 bits per heavy atom. The first-order chi connectivity index (χ1) is 8.20. The van der Waals surface area contributed by atoms with Gasteiger partial charge < -0.3 is 14.4 Å². The lowest BCUT2D eigenvalue weighted by Gasteiger charge is -2.43. The fourth-order valence-electron chi connectivity index (χ4n) is 0.854. The van der Waals surface area contributed by atoms with Gasteiger partial charge in [0.1, 0.15) is 0 Å². The molecule has 0 aromatic rings. The number of halogens is 8. The van der Waals surface area contributed by atoms with E-state index in [-0.39, 0.29) is 0 Å². The third kappa shape index (κ3) is 5.59. The predicted molar refractivity (Wildman–Crippen MR) is 41.1 cm³/mol. The quantitative estimate of drug-likeness (QED) is 0.516. The van der Waals surface area contributed by atoms with Gasteiger partial charge in [-0.25, -0.2) is 17.6 Å². The van der Waals surface area contributed by atoms with Crippen LogP contribution in [0.1, 0.15) is 0 Å². The van der Waals surface area contributed by atoms with Gasteiger partial charge in [-0.15, -0.1) is 0 Å². The van der Waals surface area contributed by atoms with E-state index in [1.54, 1.807) is 0 Å². The van der Waals surface area contributed by atoms with Crippen LogP contribution in [0.4, 0.5) is 35.1 Å². The van der Waals surface area contributed by atoms with Crippen molar-refractivity contribution in [3.63, 3.8) is 0 Å². The van der Waals surface area contributed by atoms with Crippen LogP contribution in [0.25, 0.3) is 0 Å². The molecular formula is C6H6F8NO3P-2. The van der Waals surface area contributed by atoms with E-state index in [2.05, 4.69) is 0 Å². The van der Waals surface area contributed by atoms with Crippen molar-refractivity contribution < 1.29 is 49.5 Å². The topological polar surface area (TPSA) is 66.4 Å². The summed E-state index contributed by atoms with van der Waals surface area (Å²) in [6.45, 7) is -5.23. The monoisotopic (exact) mass is 323 g/mol. The zero-order valence-electron chi connectivity index (χ0n) is 8.71. The molecule has 0 radical (unpaired) electrons. The van der Waals surface area contributed by atoms with Crippen molar-refractivity contribution >= 4 is 7.75 Å². The highest BCUT2D eigenvalue weighted by Gasteiger charge is 2.48. The summed E-state index contributed by atoms with van der Waals surface area (Å²) in [7, 11) is -6.34. The van der Waals surface area contributed by atoms with Gasteiger partial charge >= 0.3 is 24.7 Å². The van der Waals surface area contributed by atoms with E-state index in [9.17, 15) is 49.5 Å². The van der Waals surface area contributed by atoms with Gasteiger partial charge in [-0.1, -0.05) is 0 Å². The summed E-state index contributed by atoms with van der Waals surface area (Å²) in [6, 6.07) is 0. The van der Waals surface area contributed by atoms with Crippen LogP contribution in [0.15, 0.2) is 0 Å². The van der Waals surface area contributed by atoms with Gasteiger partial charge in [0.05, 0.1) is 13.1 Å². The SMILES string of the molecule is O=P([O-])([O-])N(CC(F)(F)C(F)F)CC(F)(F)C(F)F. The molecule has 0 spiro atoms.